The van der Waals surface area contributed by atoms with Crippen molar-refractivity contribution in [2.75, 3.05) is 0 Å². The lowest BCUT2D eigenvalue weighted by Gasteiger charge is -2.38. The van der Waals surface area contributed by atoms with Gasteiger partial charge in [0.05, 0.1) is 29.2 Å². The molecule has 1 saturated carbocycles. The monoisotopic (exact) mass is 475 g/mol. The first kappa shape index (κ1) is 22.7. The van der Waals surface area contributed by atoms with Crippen LogP contribution < -0.4 is 0 Å². The summed E-state index contributed by atoms with van der Waals surface area (Å²) in [7, 11) is 0. The number of fused-ring (bicyclic) bond motifs is 5. The van der Waals surface area contributed by atoms with Crippen LogP contribution in [0, 0.1) is 22.7 Å². The van der Waals surface area contributed by atoms with Crippen LogP contribution in [-0.2, 0) is 20.9 Å². The van der Waals surface area contributed by atoms with E-state index < -0.39 is 22.7 Å². The summed E-state index contributed by atoms with van der Waals surface area (Å²) in [5.41, 5.74) is 2.66. The van der Waals surface area contributed by atoms with E-state index in [4.69, 9.17) is 0 Å². The lowest BCUT2D eigenvalue weighted by Crippen LogP contribution is -2.41. The molecular formula is C32H29NO3. The highest BCUT2D eigenvalue weighted by molar-refractivity contribution is 6.29. The van der Waals surface area contributed by atoms with Gasteiger partial charge in [-0.2, -0.15) is 0 Å². The number of hydrogen-bond donors (Lipinski definition) is 0. The van der Waals surface area contributed by atoms with Gasteiger partial charge < -0.3 is 0 Å². The van der Waals surface area contributed by atoms with Crippen molar-refractivity contribution in [2.45, 2.75) is 33.2 Å². The Hall–Kier alpha value is -3.79. The van der Waals surface area contributed by atoms with Crippen LogP contribution >= 0.6 is 0 Å². The summed E-state index contributed by atoms with van der Waals surface area (Å²) in [4.78, 5) is 44.3. The van der Waals surface area contributed by atoms with Crippen LogP contribution in [0.25, 0.3) is 11.1 Å². The number of nitrogens with zero attached hydrogens (tertiary/aromatic N) is 1. The summed E-state index contributed by atoms with van der Waals surface area (Å²) in [5, 5.41) is 0. The molecule has 2 amide bonds. The zero-order valence-electron chi connectivity index (χ0n) is 20.6. The smallest absolute Gasteiger partial charge is 0.234 e. The molecule has 2 aliphatic carbocycles. The molecule has 3 aromatic carbocycles. The van der Waals surface area contributed by atoms with E-state index in [-0.39, 0.29) is 24.1 Å². The highest BCUT2D eigenvalue weighted by atomic mass is 16.2. The molecule has 180 valence electrons. The van der Waals surface area contributed by atoms with E-state index in [1.807, 2.05) is 105 Å². The van der Waals surface area contributed by atoms with E-state index in [9.17, 15) is 14.4 Å². The van der Waals surface area contributed by atoms with Crippen LogP contribution in [0.3, 0.4) is 0 Å². The van der Waals surface area contributed by atoms with Crippen molar-refractivity contribution in [3.05, 3.63) is 108 Å². The molecule has 0 radical (unpaired) electrons. The van der Waals surface area contributed by atoms with Gasteiger partial charge in [0.15, 0.2) is 5.78 Å². The fourth-order valence-electron chi connectivity index (χ4n) is 7.43. The Morgan fingerprint density at radius 2 is 1.00 bits per heavy atom. The van der Waals surface area contributed by atoms with Crippen LogP contribution in [0.2, 0.25) is 0 Å². The van der Waals surface area contributed by atoms with Crippen molar-refractivity contribution in [1.82, 2.24) is 4.90 Å². The van der Waals surface area contributed by atoms with Crippen LogP contribution in [0.15, 0.2) is 91.0 Å². The van der Waals surface area contributed by atoms with Gasteiger partial charge in [0, 0.05) is 0 Å². The summed E-state index contributed by atoms with van der Waals surface area (Å²) in [5.74, 6) is -1.71. The molecular weight excluding hydrogens is 446 g/mol. The Morgan fingerprint density at radius 1 is 0.611 bits per heavy atom. The van der Waals surface area contributed by atoms with E-state index in [1.54, 1.807) is 0 Å². The second kappa shape index (κ2) is 8.12. The van der Waals surface area contributed by atoms with Gasteiger partial charge in [0.1, 0.15) is 0 Å². The molecule has 2 fully saturated rings. The van der Waals surface area contributed by atoms with Crippen molar-refractivity contribution in [2.24, 2.45) is 22.7 Å². The standard InChI is InChI=1S/C32H29NO3/c1-3-31-24(22-16-10-6-11-17-22)25(23-18-12-7-13-19-23)32(4-2,30(31)36)27-26(31)28(34)33(29(27)35)20-21-14-8-5-9-15-21/h5-19,26-27H,3-4,20H2,1-2H3/t26-,27+,31+,32-. The van der Waals surface area contributed by atoms with Crippen molar-refractivity contribution in [3.8, 4) is 0 Å². The summed E-state index contributed by atoms with van der Waals surface area (Å²) in [6, 6.07) is 29.6. The van der Waals surface area contributed by atoms with Gasteiger partial charge in [0.25, 0.3) is 0 Å². The number of carbonyl (C=O) groups is 3. The van der Waals surface area contributed by atoms with Crippen molar-refractivity contribution in [3.63, 3.8) is 0 Å². The SMILES string of the molecule is CC[C@@]12C(=O)[C@@](CC)(C(c3ccccc3)=C1c1ccccc1)[C@H]1C(=O)N(Cc3ccccc3)C(=O)[C@H]12. The van der Waals surface area contributed by atoms with E-state index in [0.717, 1.165) is 27.8 Å². The third-order valence-electron chi connectivity index (χ3n) is 8.84. The molecule has 1 heterocycles. The second-order valence-electron chi connectivity index (χ2n) is 10.2. The molecule has 4 nitrogen and oxygen atoms in total. The first-order valence-electron chi connectivity index (χ1n) is 12.8. The molecule has 3 aliphatic rings. The van der Waals surface area contributed by atoms with E-state index in [1.165, 1.54) is 4.90 Å². The van der Waals surface area contributed by atoms with Crippen molar-refractivity contribution in [1.29, 1.82) is 0 Å². The number of carbonyl (C=O) groups excluding carboxylic acids is 3. The predicted octanol–water partition coefficient (Wildman–Crippen LogP) is 5.79. The minimum absolute atomic E-state index is 0.0498. The number of Topliss-reactive ketones (excluding diaryl/α,β-unsaturated/α-hetero) is 1. The maximum atomic E-state index is 14.6. The molecule has 0 unspecified atom stereocenters. The Bertz CT molecular complexity index is 1310. The average Bonchev–Trinajstić information content (AvgIpc) is 3.42. The molecule has 0 aromatic heterocycles. The first-order chi connectivity index (χ1) is 17.5. The highest BCUT2D eigenvalue weighted by Crippen LogP contribution is 2.75. The maximum absolute atomic E-state index is 14.6. The summed E-state index contributed by atoms with van der Waals surface area (Å²) in [6.45, 7) is 4.23. The number of amides is 2. The number of hydrogen-bond acceptors (Lipinski definition) is 3. The Kier molecular flexibility index (Phi) is 5.11. The molecule has 1 saturated heterocycles. The molecule has 0 N–H and O–H groups in total. The lowest BCUT2D eigenvalue weighted by molar-refractivity contribution is -0.146. The minimum atomic E-state index is -1.02. The van der Waals surface area contributed by atoms with Gasteiger partial charge >= 0.3 is 0 Å². The minimum Gasteiger partial charge on any atom is -0.298 e. The summed E-state index contributed by atoms with van der Waals surface area (Å²) < 4.78 is 0. The zero-order chi connectivity index (χ0) is 25.1. The number of ketones is 1. The molecule has 6 rings (SSSR count). The molecule has 1 aliphatic heterocycles. The number of rotatable bonds is 6. The summed E-state index contributed by atoms with van der Waals surface area (Å²) in [6.07, 6.45) is 0.959. The molecule has 0 spiro atoms. The predicted molar refractivity (Wildman–Crippen MR) is 139 cm³/mol. The van der Waals surface area contributed by atoms with Crippen LogP contribution in [0.5, 0.6) is 0 Å². The van der Waals surface area contributed by atoms with Crippen LogP contribution in [0.1, 0.15) is 43.4 Å². The van der Waals surface area contributed by atoms with E-state index in [0.29, 0.717) is 12.8 Å². The van der Waals surface area contributed by atoms with Gasteiger partial charge in [0.2, 0.25) is 11.8 Å². The third-order valence-corrected chi connectivity index (χ3v) is 8.84. The second-order valence-corrected chi connectivity index (χ2v) is 10.2. The highest BCUT2D eigenvalue weighted by Gasteiger charge is 2.80. The fraction of sp³-hybridized carbons (Fsp3) is 0.281. The maximum Gasteiger partial charge on any atom is 0.234 e. The molecule has 2 bridgehead atoms. The van der Waals surface area contributed by atoms with Gasteiger partial charge in [-0.25, -0.2) is 0 Å². The van der Waals surface area contributed by atoms with Crippen molar-refractivity contribution < 1.29 is 14.4 Å². The van der Waals surface area contributed by atoms with E-state index >= 15 is 0 Å². The summed E-state index contributed by atoms with van der Waals surface area (Å²) >= 11 is 0. The average molecular weight is 476 g/mol. The van der Waals surface area contributed by atoms with Gasteiger partial charge in [-0.1, -0.05) is 105 Å². The van der Waals surface area contributed by atoms with Gasteiger partial charge in [-0.15, -0.1) is 0 Å². The first-order valence-corrected chi connectivity index (χ1v) is 12.8. The van der Waals surface area contributed by atoms with Crippen LogP contribution in [-0.4, -0.2) is 22.5 Å². The Labute approximate surface area is 211 Å². The zero-order valence-corrected chi connectivity index (χ0v) is 20.6. The van der Waals surface area contributed by atoms with Gasteiger partial charge in [-0.05, 0) is 40.7 Å². The number of benzene rings is 3. The van der Waals surface area contributed by atoms with Gasteiger partial charge in [-0.3, -0.25) is 19.3 Å². The number of allylic oxidation sites excluding steroid dienone is 2. The van der Waals surface area contributed by atoms with Crippen LogP contribution in [0.4, 0.5) is 0 Å². The van der Waals surface area contributed by atoms with E-state index in [2.05, 4.69) is 0 Å². The number of likely N-dealkylation sites (tertiary alicyclic amines) is 1. The molecule has 36 heavy (non-hydrogen) atoms. The molecule has 3 aromatic rings. The lowest BCUT2D eigenvalue weighted by atomic mass is 9.60. The molecule has 4 heteroatoms. The quantitative estimate of drug-likeness (QED) is 0.424. The Balaban J connectivity index is 1.62. The molecule has 4 atom stereocenters. The fourth-order valence-corrected chi connectivity index (χ4v) is 7.43. The Morgan fingerprint density at radius 3 is 1.39 bits per heavy atom. The normalized spacial score (nSPS) is 28.8. The van der Waals surface area contributed by atoms with Crippen molar-refractivity contribution >= 4 is 28.7 Å². The largest absolute Gasteiger partial charge is 0.298 e. The third kappa shape index (κ3) is 2.67. The topological polar surface area (TPSA) is 54.5 Å². The number of imide groups is 1.